The zero-order chi connectivity index (χ0) is 20.3. The lowest BCUT2D eigenvalue weighted by molar-refractivity contribution is 0.102. The number of carbonyl (C=O) groups excluding carboxylic acids is 1. The van der Waals surface area contributed by atoms with Crippen LogP contribution in [0.3, 0.4) is 0 Å². The number of hydrogen-bond acceptors (Lipinski definition) is 5. The molecule has 6 nitrogen and oxygen atoms in total. The van der Waals surface area contributed by atoms with Crippen molar-refractivity contribution >= 4 is 44.6 Å². The molecular weight excluding hydrogens is 423 g/mol. The number of carbonyl (C=O) groups is 1. The number of sulfone groups is 1. The van der Waals surface area contributed by atoms with Crippen molar-refractivity contribution in [2.24, 2.45) is 0 Å². The second-order valence-corrected chi connectivity index (χ2v) is 8.65. The standard InChI is InChI=1S/C19H14Cl2N2O4S/c1-28(25,26)14-5-2-4-13(11-14)23-18(24)15-6-3-9-22-19(15)27-17-8-7-12(20)10-16(17)21/h2-11H,1H3,(H,23,24). The Balaban J connectivity index is 1.87. The third-order valence-corrected chi connectivity index (χ3v) is 5.28. The summed E-state index contributed by atoms with van der Waals surface area (Å²) in [5, 5.41) is 3.36. The predicted molar refractivity (Wildman–Crippen MR) is 108 cm³/mol. The highest BCUT2D eigenvalue weighted by atomic mass is 35.5. The van der Waals surface area contributed by atoms with E-state index in [1.54, 1.807) is 30.3 Å². The van der Waals surface area contributed by atoms with Crippen LogP contribution in [0, 0.1) is 0 Å². The molecule has 3 aromatic rings. The van der Waals surface area contributed by atoms with E-state index in [0.29, 0.717) is 10.7 Å². The van der Waals surface area contributed by atoms with Gasteiger partial charge in [0, 0.05) is 23.2 Å². The quantitative estimate of drug-likeness (QED) is 0.618. The Morgan fingerprint density at radius 3 is 2.57 bits per heavy atom. The summed E-state index contributed by atoms with van der Waals surface area (Å²) in [6.45, 7) is 0. The summed E-state index contributed by atoms with van der Waals surface area (Å²) >= 11 is 12.0. The minimum atomic E-state index is -3.40. The number of amides is 1. The van der Waals surface area contributed by atoms with Crippen LogP contribution in [-0.4, -0.2) is 25.6 Å². The van der Waals surface area contributed by atoms with Crippen LogP contribution in [0.5, 0.6) is 11.6 Å². The first-order valence-corrected chi connectivity index (χ1v) is 10.6. The molecule has 1 aromatic heterocycles. The van der Waals surface area contributed by atoms with Gasteiger partial charge >= 0.3 is 0 Å². The fraction of sp³-hybridized carbons (Fsp3) is 0.0526. The number of aromatic nitrogens is 1. The number of benzene rings is 2. The maximum absolute atomic E-state index is 12.7. The van der Waals surface area contributed by atoms with Crippen LogP contribution in [0.2, 0.25) is 10.0 Å². The number of anilines is 1. The lowest BCUT2D eigenvalue weighted by atomic mass is 10.2. The summed E-state index contributed by atoms with van der Waals surface area (Å²) in [6, 6.07) is 13.7. The SMILES string of the molecule is CS(=O)(=O)c1cccc(NC(=O)c2cccnc2Oc2ccc(Cl)cc2Cl)c1. The van der Waals surface area contributed by atoms with Gasteiger partial charge in [-0.15, -0.1) is 0 Å². The Hall–Kier alpha value is -2.61. The van der Waals surface area contributed by atoms with E-state index in [1.165, 1.54) is 30.5 Å². The molecule has 0 fully saturated rings. The Morgan fingerprint density at radius 1 is 1.07 bits per heavy atom. The second kappa shape index (κ2) is 8.18. The summed E-state index contributed by atoms with van der Waals surface area (Å²) in [7, 11) is -3.40. The van der Waals surface area contributed by atoms with Crippen LogP contribution in [0.4, 0.5) is 5.69 Å². The van der Waals surface area contributed by atoms with Crippen molar-refractivity contribution in [3.8, 4) is 11.6 Å². The molecular formula is C19H14Cl2N2O4S. The highest BCUT2D eigenvalue weighted by Crippen LogP contribution is 2.32. The summed E-state index contributed by atoms with van der Waals surface area (Å²) < 4.78 is 29.1. The van der Waals surface area contributed by atoms with E-state index in [1.807, 2.05) is 0 Å². The van der Waals surface area contributed by atoms with Crippen LogP contribution in [0.25, 0.3) is 0 Å². The molecule has 0 saturated heterocycles. The molecule has 2 aromatic carbocycles. The second-order valence-electron chi connectivity index (χ2n) is 5.79. The lowest BCUT2D eigenvalue weighted by Gasteiger charge is -2.12. The molecule has 3 rings (SSSR count). The van der Waals surface area contributed by atoms with Crippen molar-refractivity contribution in [2.75, 3.05) is 11.6 Å². The zero-order valence-electron chi connectivity index (χ0n) is 14.5. The number of nitrogens with one attached hydrogen (secondary N) is 1. The maximum atomic E-state index is 12.7. The Kier molecular flexibility index (Phi) is 5.88. The molecule has 0 radical (unpaired) electrons. The summed E-state index contributed by atoms with van der Waals surface area (Å²) in [4.78, 5) is 16.9. The zero-order valence-corrected chi connectivity index (χ0v) is 16.8. The number of ether oxygens (including phenoxy) is 1. The van der Waals surface area contributed by atoms with Crippen LogP contribution < -0.4 is 10.1 Å². The largest absolute Gasteiger partial charge is 0.437 e. The molecule has 0 aliphatic carbocycles. The lowest BCUT2D eigenvalue weighted by Crippen LogP contribution is -2.14. The first-order valence-electron chi connectivity index (χ1n) is 7.93. The molecule has 0 aliphatic rings. The number of rotatable bonds is 5. The molecule has 0 bridgehead atoms. The van der Waals surface area contributed by atoms with E-state index in [9.17, 15) is 13.2 Å². The van der Waals surface area contributed by atoms with Crippen molar-refractivity contribution < 1.29 is 17.9 Å². The maximum Gasteiger partial charge on any atom is 0.261 e. The average Bonchev–Trinajstić information content (AvgIpc) is 2.64. The number of nitrogens with zero attached hydrogens (tertiary/aromatic N) is 1. The van der Waals surface area contributed by atoms with Crippen LogP contribution in [0.1, 0.15) is 10.4 Å². The summed E-state index contributed by atoms with van der Waals surface area (Å²) in [6.07, 6.45) is 2.57. The first kappa shape index (κ1) is 20.1. The van der Waals surface area contributed by atoms with E-state index in [4.69, 9.17) is 27.9 Å². The van der Waals surface area contributed by atoms with Crippen LogP contribution >= 0.6 is 23.2 Å². The van der Waals surface area contributed by atoms with Crippen molar-refractivity contribution in [3.05, 3.63) is 76.4 Å². The fourth-order valence-corrected chi connectivity index (χ4v) is 3.42. The van der Waals surface area contributed by atoms with E-state index in [0.717, 1.165) is 6.26 Å². The smallest absolute Gasteiger partial charge is 0.261 e. The van der Waals surface area contributed by atoms with Crippen LogP contribution in [-0.2, 0) is 9.84 Å². The van der Waals surface area contributed by atoms with Crippen molar-refractivity contribution in [1.29, 1.82) is 0 Å². The van der Waals surface area contributed by atoms with Gasteiger partial charge < -0.3 is 10.1 Å². The molecule has 1 heterocycles. The van der Waals surface area contributed by atoms with Gasteiger partial charge in [-0.1, -0.05) is 29.3 Å². The molecule has 144 valence electrons. The Morgan fingerprint density at radius 2 is 1.86 bits per heavy atom. The fourth-order valence-electron chi connectivity index (χ4n) is 2.31. The molecule has 9 heteroatoms. The van der Waals surface area contributed by atoms with Crippen molar-refractivity contribution in [2.45, 2.75) is 4.90 Å². The molecule has 0 unspecified atom stereocenters. The van der Waals surface area contributed by atoms with E-state index >= 15 is 0 Å². The minimum Gasteiger partial charge on any atom is -0.437 e. The van der Waals surface area contributed by atoms with Crippen LogP contribution in [0.15, 0.2) is 65.7 Å². The van der Waals surface area contributed by atoms with E-state index in [2.05, 4.69) is 10.3 Å². The summed E-state index contributed by atoms with van der Waals surface area (Å²) in [5.74, 6) is -0.180. The van der Waals surface area contributed by atoms with Gasteiger partial charge in [-0.2, -0.15) is 0 Å². The predicted octanol–water partition coefficient (Wildman–Crippen LogP) is 4.84. The molecule has 28 heavy (non-hydrogen) atoms. The average molecular weight is 437 g/mol. The van der Waals surface area contributed by atoms with Gasteiger partial charge in [0.1, 0.15) is 11.3 Å². The number of pyridine rings is 1. The Bertz CT molecular complexity index is 1150. The van der Waals surface area contributed by atoms with Gasteiger partial charge in [0.05, 0.1) is 9.92 Å². The normalized spacial score (nSPS) is 11.1. The topological polar surface area (TPSA) is 85.4 Å². The monoisotopic (exact) mass is 436 g/mol. The van der Waals surface area contributed by atoms with Crippen molar-refractivity contribution in [3.63, 3.8) is 0 Å². The number of halogens is 2. The molecule has 0 spiro atoms. The van der Waals surface area contributed by atoms with E-state index < -0.39 is 15.7 Å². The summed E-state index contributed by atoms with van der Waals surface area (Å²) in [5.41, 5.74) is 0.477. The van der Waals surface area contributed by atoms with Gasteiger partial charge in [0.15, 0.2) is 9.84 Å². The third-order valence-electron chi connectivity index (χ3n) is 3.64. The van der Waals surface area contributed by atoms with Crippen molar-refractivity contribution in [1.82, 2.24) is 4.98 Å². The minimum absolute atomic E-state index is 0.0449. The van der Waals surface area contributed by atoms with E-state index in [-0.39, 0.29) is 27.1 Å². The van der Waals surface area contributed by atoms with Gasteiger partial charge in [0.25, 0.3) is 5.91 Å². The highest BCUT2D eigenvalue weighted by molar-refractivity contribution is 7.90. The molecule has 1 amide bonds. The molecule has 1 N–H and O–H groups in total. The molecule has 0 aliphatic heterocycles. The first-order chi connectivity index (χ1) is 13.2. The highest BCUT2D eigenvalue weighted by Gasteiger charge is 2.17. The van der Waals surface area contributed by atoms with Gasteiger partial charge in [-0.25, -0.2) is 13.4 Å². The molecule has 0 atom stereocenters. The number of hydrogen-bond donors (Lipinski definition) is 1. The Labute approximate surface area is 172 Å². The van der Waals surface area contributed by atoms with Gasteiger partial charge in [-0.3, -0.25) is 4.79 Å². The molecule has 0 saturated carbocycles. The third kappa shape index (κ3) is 4.81. The van der Waals surface area contributed by atoms with Gasteiger partial charge in [-0.05, 0) is 48.5 Å². The van der Waals surface area contributed by atoms with Gasteiger partial charge in [0.2, 0.25) is 5.88 Å².